The van der Waals surface area contributed by atoms with E-state index in [9.17, 15) is 14.0 Å². The van der Waals surface area contributed by atoms with Crippen molar-refractivity contribution in [1.82, 2.24) is 24.1 Å². The number of aromatic nitrogens is 4. The maximum absolute atomic E-state index is 13.4. The molecule has 3 heterocycles. The van der Waals surface area contributed by atoms with Crippen LogP contribution in [0, 0.1) is 5.82 Å². The molecule has 1 aliphatic heterocycles. The molecule has 8 nitrogen and oxygen atoms in total. The van der Waals surface area contributed by atoms with Crippen molar-refractivity contribution in [3.05, 3.63) is 105 Å². The topological polar surface area (TPSA) is 75.7 Å². The minimum absolute atomic E-state index is 0.0456. The molecule has 1 fully saturated rings. The van der Waals surface area contributed by atoms with Crippen LogP contribution in [0.2, 0.25) is 5.02 Å². The van der Waals surface area contributed by atoms with Gasteiger partial charge in [0, 0.05) is 49.7 Å². The predicted molar refractivity (Wildman–Crippen MR) is 149 cm³/mol. The van der Waals surface area contributed by atoms with E-state index in [1.54, 1.807) is 34.9 Å². The Morgan fingerprint density at radius 3 is 2.36 bits per heavy atom. The van der Waals surface area contributed by atoms with Crippen LogP contribution in [0.4, 0.5) is 10.1 Å². The molecule has 10 heteroatoms. The second-order valence-corrected chi connectivity index (χ2v) is 10.1. The number of benzene rings is 3. The molecule has 0 saturated carbocycles. The van der Waals surface area contributed by atoms with Gasteiger partial charge in [-0.25, -0.2) is 4.39 Å². The number of carbonyl (C=O) groups excluding carboxylic acids is 1. The summed E-state index contributed by atoms with van der Waals surface area (Å²) in [6, 6.07) is 21.2. The summed E-state index contributed by atoms with van der Waals surface area (Å²) in [7, 11) is 0. The molecule has 198 valence electrons. The number of fused-ring (bicyclic) bond motifs is 3. The van der Waals surface area contributed by atoms with Crippen LogP contribution in [-0.2, 0) is 17.8 Å². The highest BCUT2D eigenvalue weighted by atomic mass is 35.5. The summed E-state index contributed by atoms with van der Waals surface area (Å²) in [5, 5.41) is 9.96. The van der Waals surface area contributed by atoms with Crippen molar-refractivity contribution in [2.45, 2.75) is 19.4 Å². The first-order chi connectivity index (χ1) is 19.0. The number of amides is 1. The molecule has 5 aromatic rings. The van der Waals surface area contributed by atoms with Crippen LogP contribution >= 0.6 is 11.6 Å². The van der Waals surface area contributed by atoms with Gasteiger partial charge in [-0.3, -0.25) is 18.6 Å². The molecule has 0 atom stereocenters. The normalized spacial score (nSPS) is 13.9. The van der Waals surface area contributed by atoms with Gasteiger partial charge in [-0.15, -0.1) is 10.2 Å². The van der Waals surface area contributed by atoms with Gasteiger partial charge in [-0.1, -0.05) is 35.9 Å². The minimum Gasteiger partial charge on any atom is -0.368 e. The van der Waals surface area contributed by atoms with Crippen LogP contribution in [0.5, 0.6) is 0 Å². The average Bonchev–Trinajstić information content (AvgIpc) is 3.39. The Hall–Kier alpha value is -4.24. The van der Waals surface area contributed by atoms with E-state index in [-0.39, 0.29) is 23.7 Å². The first kappa shape index (κ1) is 25.1. The molecule has 0 radical (unpaired) electrons. The Balaban J connectivity index is 1.22. The van der Waals surface area contributed by atoms with E-state index in [0.29, 0.717) is 66.7 Å². The number of hydrogen-bond donors (Lipinski definition) is 0. The lowest BCUT2D eigenvalue weighted by Crippen LogP contribution is -2.48. The molecule has 0 unspecified atom stereocenters. The number of piperazine rings is 1. The van der Waals surface area contributed by atoms with Crippen LogP contribution < -0.4 is 10.5 Å². The number of nitrogens with zero attached hydrogens (tertiary/aromatic N) is 6. The average molecular weight is 545 g/mol. The van der Waals surface area contributed by atoms with Crippen LogP contribution in [-0.4, -0.2) is 56.2 Å². The highest BCUT2D eigenvalue weighted by Gasteiger charge is 2.23. The fourth-order valence-corrected chi connectivity index (χ4v) is 5.26. The second-order valence-electron chi connectivity index (χ2n) is 9.63. The zero-order chi connectivity index (χ0) is 26.9. The van der Waals surface area contributed by atoms with E-state index in [0.717, 1.165) is 11.3 Å². The summed E-state index contributed by atoms with van der Waals surface area (Å²) >= 11 is 6.04. The number of para-hydroxylation sites is 1. The Morgan fingerprint density at radius 2 is 1.62 bits per heavy atom. The summed E-state index contributed by atoms with van der Waals surface area (Å²) in [5.74, 6) is 0.848. The fourth-order valence-electron chi connectivity index (χ4n) is 5.13. The molecule has 39 heavy (non-hydrogen) atoms. The zero-order valence-corrected chi connectivity index (χ0v) is 21.9. The third-order valence-corrected chi connectivity index (χ3v) is 7.47. The monoisotopic (exact) mass is 544 g/mol. The summed E-state index contributed by atoms with van der Waals surface area (Å²) in [6.07, 6.45) is 0.670. The second kappa shape index (κ2) is 10.5. The molecule has 1 aliphatic rings. The quantitative estimate of drug-likeness (QED) is 0.321. The molecule has 0 bridgehead atoms. The third-order valence-electron chi connectivity index (χ3n) is 7.22. The maximum atomic E-state index is 13.4. The van der Waals surface area contributed by atoms with Crippen molar-refractivity contribution in [2.75, 3.05) is 31.1 Å². The van der Waals surface area contributed by atoms with E-state index >= 15 is 0 Å². The molecule has 2 aromatic heterocycles. The van der Waals surface area contributed by atoms with Crippen molar-refractivity contribution in [1.29, 1.82) is 0 Å². The van der Waals surface area contributed by atoms with Gasteiger partial charge in [-0.2, -0.15) is 0 Å². The first-order valence-electron chi connectivity index (χ1n) is 12.9. The van der Waals surface area contributed by atoms with Crippen molar-refractivity contribution in [2.24, 2.45) is 0 Å². The van der Waals surface area contributed by atoms with Crippen molar-refractivity contribution in [3.8, 4) is 0 Å². The van der Waals surface area contributed by atoms with Crippen LogP contribution in [0.3, 0.4) is 0 Å². The van der Waals surface area contributed by atoms with Crippen LogP contribution in [0.1, 0.15) is 17.8 Å². The van der Waals surface area contributed by atoms with Gasteiger partial charge in [-0.05, 0) is 54.1 Å². The Morgan fingerprint density at radius 1 is 0.897 bits per heavy atom. The summed E-state index contributed by atoms with van der Waals surface area (Å²) in [6.45, 7) is 2.89. The summed E-state index contributed by atoms with van der Waals surface area (Å²) < 4.78 is 16.7. The number of hydrogen-bond acceptors (Lipinski definition) is 5. The molecule has 1 amide bonds. The molecule has 1 saturated heterocycles. The smallest absolute Gasteiger partial charge is 0.263 e. The molecule has 0 spiro atoms. The number of rotatable bonds is 6. The minimum atomic E-state index is -0.261. The van der Waals surface area contributed by atoms with Gasteiger partial charge < -0.3 is 9.80 Å². The lowest BCUT2D eigenvalue weighted by atomic mass is 10.2. The highest BCUT2D eigenvalue weighted by molar-refractivity contribution is 6.30. The van der Waals surface area contributed by atoms with E-state index in [1.807, 2.05) is 39.6 Å². The lowest BCUT2D eigenvalue weighted by molar-refractivity contribution is -0.131. The largest absolute Gasteiger partial charge is 0.368 e. The number of anilines is 1. The van der Waals surface area contributed by atoms with Gasteiger partial charge in [0.15, 0.2) is 0 Å². The lowest BCUT2D eigenvalue weighted by Gasteiger charge is -2.36. The SMILES string of the molecule is O=C(CCc1nnc2n(Cc3ccc(Cl)cc3)c(=O)c3ccccc3n12)N1CCN(c2ccc(F)cc2)CC1. The van der Waals surface area contributed by atoms with Gasteiger partial charge >= 0.3 is 0 Å². The van der Waals surface area contributed by atoms with E-state index in [4.69, 9.17) is 11.6 Å². The molecule has 0 aliphatic carbocycles. The van der Waals surface area contributed by atoms with Crippen molar-refractivity contribution in [3.63, 3.8) is 0 Å². The highest BCUT2D eigenvalue weighted by Crippen LogP contribution is 2.20. The van der Waals surface area contributed by atoms with Gasteiger partial charge in [0.25, 0.3) is 5.56 Å². The molecule has 3 aromatic carbocycles. The van der Waals surface area contributed by atoms with Gasteiger partial charge in [0.2, 0.25) is 11.7 Å². The van der Waals surface area contributed by atoms with E-state index in [2.05, 4.69) is 15.1 Å². The first-order valence-corrected chi connectivity index (χ1v) is 13.2. The summed E-state index contributed by atoms with van der Waals surface area (Å²) in [4.78, 5) is 30.5. The number of aryl methyl sites for hydroxylation is 1. The van der Waals surface area contributed by atoms with Crippen molar-refractivity contribution >= 4 is 39.9 Å². The zero-order valence-electron chi connectivity index (χ0n) is 21.1. The molecular formula is C29H26ClFN6O2. The van der Waals surface area contributed by atoms with Crippen LogP contribution in [0.25, 0.3) is 16.7 Å². The predicted octanol–water partition coefficient (Wildman–Crippen LogP) is 4.17. The van der Waals surface area contributed by atoms with E-state index in [1.165, 1.54) is 12.1 Å². The molecule has 0 N–H and O–H groups in total. The van der Waals surface area contributed by atoms with Gasteiger partial charge in [0.1, 0.15) is 11.6 Å². The molecular weight excluding hydrogens is 519 g/mol. The summed E-state index contributed by atoms with van der Waals surface area (Å²) in [5.41, 5.74) is 2.43. The molecule has 6 rings (SSSR count). The number of carbonyl (C=O) groups is 1. The Bertz CT molecular complexity index is 1710. The Labute approximate surface area is 228 Å². The van der Waals surface area contributed by atoms with Crippen molar-refractivity contribution < 1.29 is 9.18 Å². The maximum Gasteiger partial charge on any atom is 0.263 e. The van der Waals surface area contributed by atoms with E-state index < -0.39 is 0 Å². The third kappa shape index (κ3) is 4.97. The Kier molecular flexibility index (Phi) is 6.74. The number of halogens is 2. The van der Waals surface area contributed by atoms with Crippen LogP contribution in [0.15, 0.2) is 77.6 Å². The van der Waals surface area contributed by atoms with Gasteiger partial charge in [0.05, 0.1) is 17.4 Å². The standard InChI is InChI=1S/C29H26ClFN6O2/c30-21-7-5-20(6-8-21)19-36-28(39)24-3-1-2-4-25(24)37-26(32-33-29(36)37)13-14-27(38)35-17-15-34(16-18-35)23-11-9-22(31)10-12-23/h1-12H,13-19H2. The fraction of sp³-hybridized carbons (Fsp3) is 0.241.